The number of ether oxygens (including phenoxy) is 4. The highest BCUT2D eigenvalue weighted by Crippen LogP contribution is 2.22. The number of hydrogen-bond acceptors (Lipinski definition) is 10. The monoisotopic (exact) mass is 408 g/mol. The minimum absolute atomic E-state index is 0.219. The van der Waals surface area contributed by atoms with Crippen molar-refractivity contribution in [1.29, 1.82) is 0 Å². The first-order valence-electron chi connectivity index (χ1n) is 9.55. The van der Waals surface area contributed by atoms with Crippen LogP contribution < -0.4 is 0 Å². The first-order chi connectivity index (χ1) is 13.3. The van der Waals surface area contributed by atoms with E-state index < -0.39 is 55.4 Å². The van der Waals surface area contributed by atoms with Crippen LogP contribution in [0, 0.1) is 0 Å². The molecule has 1 saturated heterocycles. The number of aliphatic hydroxyl groups is 4. The van der Waals surface area contributed by atoms with Gasteiger partial charge in [-0.15, -0.1) is 0 Å². The molecule has 10 nitrogen and oxygen atoms in total. The van der Waals surface area contributed by atoms with Crippen molar-refractivity contribution in [3.63, 3.8) is 0 Å². The second-order valence-corrected chi connectivity index (χ2v) is 6.76. The summed E-state index contributed by atoms with van der Waals surface area (Å²) in [6.07, 6.45) is -4.20. The largest absolute Gasteiger partial charge is 0.462 e. The first-order valence-corrected chi connectivity index (χ1v) is 9.55. The quantitative estimate of drug-likeness (QED) is 0.240. The molecule has 0 aromatic carbocycles. The fraction of sp³-hybridized carbons (Fsp3) is 0.889. The van der Waals surface area contributed by atoms with Gasteiger partial charge in [0.25, 0.3) is 0 Å². The molecule has 0 saturated carbocycles. The van der Waals surface area contributed by atoms with Gasteiger partial charge in [-0.3, -0.25) is 9.59 Å². The summed E-state index contributed by atoms with van der Waals surface area (Å²) in [6, 6.07) is 0. The molecule has 1 aliphatic rings. The maximum absolute atomic E-state index is 12.0. The van der Waals surface area contributed by atoms with E-state index in [2.05, 4.69) is 6.92 Å². The normalized spacial score (nSPS) is 28.6. The van der Waals surface area contributed by atoms with Crippen molar-refractivity contribution in [3.05, 3.63) is 0 Å². The molecule has 1 fully saturated rings. The lowest BCUT2D eigenvalue weighted by molar-refractivity contribution is -0.305. The Hall–Kier alpha value is -1.30. The van der Waals surface area contributed by atoms with Crippen molar-refractivity contribution in [3.8, 4) is 0 Å². The van der Waals surface area contributed by atoms with E-state index in [1.165, 1.54) is 6.92 Å². The number of carbonyl (C=O) groups is 2. The van der Waals surface area contributed by atoms with Crippen LogP contribution in [0.5, 0.6) is 0 Å². The molecule has 1 heterocycles. The van der Waals surface area contributed by atoms with Crippen molar-refractivity contribution in [2.45, 2.75) is 82.8 Å². The molecular weight excluding hydrogens is 376 g/mol. The molecule has 1 aliphatic heterocycles. The zero-order valence-electron chi connectivity index (χ0n) is 16.4. The summed E-state index contributed by atoms with van der Waals surface area (Å²) < 4.78 is 20.7. The highest BCUT2D eigenvalue weighted by atomic mass is 16.7. The minimum atomic E-state index is -1.58. The Morgan fingerprint density at radius 2 is 1.75 bits per heavy atom. The molecule has 0 radical (unpaired) electrons. The van der Waals surface area contributed by atoms with Crippen molar-refractivity contribution in [2.24, 2.45) is 0 Å². The summed E-state index contributed by atoms with van der Waals surface area (Å²) >= 11 is 0. The summed E-state index contributed by atoms with van der Waals surface area (Å²) in [6.45, 7) is 2.16. The van der Waals surface area contributed by atoms with Crippen molar-refractivity contribution < 1.29 is 49.0 Å². The summed E-state index contributed by atoms with van der Waals surface area (Å²) in [5.41, 5.74) is 0. The van der Waals surface area contributed by atoms with Gasteiger partial charge in [0.1, 0.15) is 31.0 Å². The van der Waals surface area contributed by atoms with E-state index in [0.29, 0.717) is 6.42 Å². The molecule has 6 unspecified atom stereocenters. The highest BCUT2D eigenvalue weighted by molar-refractivity contribution is 5.69. The molecule has 0 spiro atoms. The van der Waals surface area contributed by atoms with Crippen LogP contribution in [-0.4, -0.2) is 89.0 Å². The van der Waals surface area contributed by atoms with E-state index in [-0.39, 0.29) is 19.6 Å². The SMILES string of the molecule is CCCCCCC(=O)OC(COC(C)=O)COC1OC(CO)C(O)C(O)C1O. The number of carbonyl (C=O) groups excluding carboxylic acids is 2. The van der Waals surface area contributed by atoms with E-state index in [9.17, 15) is 30.0 Å². The number of aliphatic hydroxyl groups excluding tert-OH is 4. The maximum atomic E-state index is 12.0. The summed E-state index contributed by atoms with van der Waals surface area (Å²) in [4.78, 5) is 23.0. The average molecular weight is 408 g/mol. The van der Waals surface area contributed by atoms with Crippen LogP contribution in [-0.2, 0) is 28.5 Å². The van der Waals surface area contributed by atoms with Crippen molar-refractivity contribution >= 4 is 11.9 Å². The third-order valence-electron chi connectivity index (χ3n) is 4.30. The van der Waals surface area contributed by atoms with Crippen LogP contribution in [0.4, 0.5) is 0 Å². The van der Waals surface area contributed by atoms with Gasteiger partial charge >= 0.3 is 11.9 Å². The van der Waals surface area contributed by atoms with Gasteiger partial charge in [-0.1, -0.05) is 26.2 Å². The Kier molecular flexibility index (Phi) is 11.5. The van der Waals surface area contributed by atoms with Gasteiger partial charge in [0, 0.05) is 13.3 Å². The minimum Gasteiger partial charge on any atom is -0.462 e. The molecule has 4 N–H and O–H groups in total. The molecular formula is C18H32O10. The summed E-state index contributed by atoms with van der Waals surface area (Å²) in [5, 5.41) is 38.7. The fourth-order valence-corrected chi connectivity index (χ4v) is 2.67. The van der Waals surface area contributed by atoms with Crippen LogP contribution in [0.2, 0.25) is 0 Å². The van der Waals surface area contributed by atoms with Gasteiger partial charge in [-0.05, 0) is 6.42 Å². The third-order valence-corrected chi connectivity index (χ3v) is 4.30. The highest BCUT2D eigenvalue weighted by Gasteiger charge is 2.44. The van der Waals surface area contributed by atoms with Crippen molar-refractivity contribution in [2.75, 3.05) is 19.8 Å². The van der Waals surface area contributed by atoms with Crippen molar-refractivity contribution in [1.82, 2.24) is 0 Å². The Balaban J connectivity index is 2.57. The topological polar surface area (TPSA) is 152 Å². The Morgan fingerprint density at radius 1 is 1.04 bits per heavy atom. The second-order valence-electron chi connectivity index (χ2n) is 6.76. The predicted octanol–water partition coefficient (Wildman–Crippen LogP) is -0.752. The van der Waals surface area contributed by atoms with Crippen LogP contribution in [0.1, 0.15) is 46.0 Å². The van der Waals surface area contributed by atoms with E-state index in [4.69, 9.17) is 18.9 Å². The predicted molar refractivity (Wildman–Crippen MR) is 95.0 cm³/mol. The van der Waals surface area contributed by atoms with E-state index >= 15 is 0 Å². The molecule has 0 aromatic rings. The molecule has 28 heavy (non-hydrogen) atoms. The van der Waals surface area contributed by atoms with Gasteiger partial charge in [-0.25, -0.2) is 0 Å². The molecule has 0 aromatic heterocycles. The van der Waals surface area contributed by atoms with Crippen LogP contribution in [0.3, 0.4) is 0 Å². The lowest BCUT2D eigenvalue weighted by Gasteiger charge is -2.39. The smallest absolute Gasteiger partial charge is 0.306 e. The van der Waals surface area contributed by atoms with Gasteiger partial charge in [0.15, 0.2) is 12.4 Å². The standard InChI is InChI=1S/C18H32O10/c1-3-4-5-6-7-14(21)27-12(9-25-11(2)20)10-26-18-17(24)16(23)15(22)13(8-19)28-18/h12-13,15-19,22-24H,3-10H2,1-2H3. The molecule has 164 valence electrons. The third kappa shape index (κ3) is 8.38. The lowest BCUT2D eigenvalue weighted by Crippen LogP contribution is -2.59. The molecule has 0 aliphatic carbocycles. The summed E-state index contributed by atoms with van der Waals surface area (Å²) in [7, 11) is 0. The lowest BCUT2D eigenvalue weighted by atomic mass is 9.99. The second kappa shape index (κ2) is 13.0. The molecule has 6 atom stereocenters. The van der Waals surface area contributed by atoms with Crippen LogP contribution in [0.25, 0.3) is 0 Å². The van der Waals surface area contributed by atoms with Gasteiger partial charge in [-0.2, -0.15) is 0 Å². The van der Waals surface area contributed by atoms with Gasteiger partial charge < -0.3 is 39.4 Å². The van der Waals surface area contributed by atoms with Gasteiger partial charge in [0.05, 0.1) is 13.2 Å². The molecule has 0 bridgehead atoms. The van der Waals surface area contributed by atoms with E-state index in [1.54, 1.807) is 0 Å². The zero-order valence-corrected chi connectivity index (χ0v) is 16.4. The Labute approximate surface area is 164 Å². The van der Waals surface area contributed by atoms with E-state index in [1.807, 2.05) is 0 Å². The number of hydrogen-bond donors (Lipinski definition) is 4. The maximum Gasteiger partial charge on any atom is 0.306 e. The van der Waals surface area contributed by atoms with Gasteiger partial charge in [0.2, 0.25) is 0 Å². The molecule has 1 rings (SSSR count). The zero-order chi connectivity index (χ0) is 21.1. The Morgan fingerprint density at radius 3 is 2.36 bits per heavy atom. The first kappa shape index (κ1) is 24.7. The van der Waals surface area contributed by atoms with Crippen LogP contribution in [0.15, 0.2) is 0 Å². The van der Waals surface area contributed by atoms with Crippen LogP contribution >= 0.6 is 0 Å². The number of rotatable bonds is 12. The summed E-state index contributed by atoms with van der Waals surface area (Å²) in [5.74, 6) is -1.03. The average Bonchev–Trinajstić information content (AvgIpc) is 2.66. The molecule has 10 heteroatoms. The Bertz CT molecular complexity index is 469. The number of unbranched alkanes of at least 4 members (excludes halogenated alkanes) is 3. The fourth-order valence-electron chi connectivity index (χ4n) is 2.67. The number of esters is 2. The van der Waals surface area contributed by atoms with E-state index in [0.717, 1.165) is 19.3 Å². The molecule has 0 amide bonds.